The van der Waals surface area contributed by atoms with Crippen molar-refractivity contribution < 1.29 is 4.79 Å². The third-order valence-electron chi connectivity index (χ3n) is 6.42. The summed E-state index contributed by atoms with van der Waals surface area (Å²) in [5, 5.41) is 7.86. The molecule has 0 bridgehead atoms. The van der Waals surface area contributed by atoms with Crippen LogP contribution in [0.15, 0.2) is 30.5 Å². The minimum absolute atomic E-state index is 0.0662. The van der Waals surface area contributed by atoms with E-state index in [-0.39, 0.29) is 12.1 Å². The first kappa shape index (κ1) is 15.9. The van der Waals surface area contributed by atoms with Gasteiger partial charge in [0.1, 0.15) is 0 Å². The van der Waals surface area contributed by atoms with Crippen LogP contribution in [0.3, 0.4) is 0 Å². The fourth-order valence-electron chi connectivity index (χ4n) is 4.96. The lowest BCUT2D eigenvalue weighted by Crippen LogP contribution is -2.45. The molecule has 1 aliphatic heterocycles. The van der Waals surface area contributed by atoms with Crippen LogP contribution in [0.25, 0.3) is 0 Å². The van der Waals surface area contributed by atoms with Crippen LogP contribution in [0.2, 0.25) is 0 Å². The second kappa shape index (κ2) is 6.45. The number of amides is 2. The molecule has 2 heterocycles. The van der Waals surface area contributed by atoms with Crippen LogP contribution in [0.5, 0.6) is 0 Å². The van der Waals surface area contributed by atoms with Crippen molar-refractivity contribution in [1.82, 2.24) is 20.0 Å². The molecule has 5 nitrogen and oxygen atoms in total. The van der Waals surface area contributed by atoms with Crippen LogP contribution in [-0.4, -0.2) is 27.3 Å². The van der Waals surface area contributed by atoms with E-state index >= 15 is 0 Å². The van der Waals surface area contributed by atoms with Gasteiger partial charge in [-0.2, -0.15) is 5.10 Å². The maximum absolute atomic E-state index is 12.9. The molecule has 26 heavy (non-hydrogen) atoms. The number of urea groups is 1. The molecule has 0 spiro atoms. The van der Waals surface area contributed by atoms with E-state index in [1.807, 2.05) is 4.90 Å². The number of nitrogens with zero attached hydrogens (tertiary/aromatic N) is 3. The second-order valence-corrected chi connectivity index (χ2v) is 7.91. The third-order valence-corrected chi connectivity index (χ3v) is 6.42. The Kier molecular flexibility index (Phi) is 3.95. The van der Waals surface area contributed by atoms with Gasteiger partial charge in [0.2, 0.25) is 0 Å². The molecule has 1 N–H and O–H groups in total. The largest absolute Gasteiger partial charge is 0.331 e. The van der Waals surface area contributed by atoms with Crippen molar-refractivity contribution >= 4 is 6.03 Å². The summed E-state index contributed by atoms with van der Waals surface area (Å²) in [5.74, 6) is 0.642. The summed E-state index contributed by atoms with van der Waals surface area (Å²) in [4.78, 5) is 14.9. The summed E-state index contributed by atoms with van der Waals surface area (Å²) >= 11 is 0. The molecule has 1 saturated carbocycles. The molecule has 2 aromatic rings. The highest BCUT2D eigenvalue weighted by atomic mass is 16.2. The third kappa shape index (κ3) is 2.70. The number of hydrogen-bond acceptors (Lipinski definition) is 2. The van der Waals surface area contributed by atoms with Crippen molar-refractivity contribution in [2.75, 3.05) is 6.54 Å². The Morgan fingerprint density at radius 1 is 1.08 bits per heavy atom. The fourth-order valence-corrected chi connectivity index (χ4v) is 4.96. The maximum atomic E-state index is 12.9. The summed E-state index contributed by atoms with van der Waals surface area (Å²) in [7, 11) is 0. The monoisotopic (exact) mass is 350 g/mol. The van der Waals surface area contributed by atoms with E-state index in [9.17, 15) is 4.79 Å². The van der Waals surface area contributed by atoms with Gasteiger partial charge in [-0.15, -0.1) is 0 Å². The summed E-state index contributed by atoms with van der Waals surface area (Å²) < 4.78 is 2.11. The fraction of sp³-hybridized carbons (Fsp3) is 0.524. The van der Waals surface area contributed by atoms with Gasteiger partial charge in [-0.25, -0.2) is 4.79 Å². The minimum Gasteiger partial charge on any atom is -0.331 e. The van der Waals surface area contributed by atoms with Gasteiger partial charge in [0, 0.05) is 6.54 Å². The molecule has 1 unspecified atom stereocenters. The number of fused-ring (bicyclic) bond motifs is 2. The Morgan fingerprint density at radius 2 is 1.92 bits per heavy atom. The first-order chi connectivity index (χ1) is 12.8. The molecule has 2 aliphatic carbocycles. The molecular weight excluding hydrogens is 324 g/mol. The van der Waals surface area contributed by atoms with Crippen LogP contribution >= 0.6 is 0 Å². The van der Waals surface area contributed by atoms with Crippen molar-refractivity contribution in [3.05, 3.63) is 52.8 Å². The van der Waals surface area contributed by atoms with Gasteiger partial charge in [-0.3, -0.25) is 4.68 Å². The van der Waals surface area contributed by atoms with Crippen LogP contribution in [-0.2, 0) is 19.5 Å². The molecule has 5 rings (SSSR count). The van der Waals surface area contributed by atoms with Crippen molar-refractivity contribution in [2.24, 2.45) is 0 Å². The number of carbonyl (C=O) groups excluding carboxylic acids is 1. The van der Waals surface area contributed by atoms with Crippen molar-refractivity contribution in [1.29, 1.82) is 0 Å². The minimum atomic E-state index is 0.0662. The van der Waals surface area contributed by atoms with Gasteiger partial charge in [0.05, 0.1) is 31.0 Å². The van der Waals surface area contributed by atoms with E-state index in [1.54, 1.807) is 0 Å². The number of aryl methyl sites for hydroxylation is 1. The second-order valence-electron chi connectivity index (χ2n) is 7.91. The number of nitrogens with one attached hydrogen (secondary N) is 1. The van der Waals surface area contributed by atoms with E-state index in [4.69, 9.17) is 0 Å². The van der Waals surface area contributed by atoms with E-state index < -0.39 is 0 Å². The van der Waals surface area contributed by atoms with Gasteiger partial charge in [-0.1, -0.05) is 37.1 Å². The molecule has 1 aromatic carbocycles. The van der Waals surface area contributed by atoms with Gasteiger partial charge in [0.15, 0.2) is 0 Å². The molecule has 1 atom stereocenters. The average Bonchev–Trinajstić information content (AvgIpc) is 3.40. The zero-order valence-electron chi connectivity index (χ0n) is 15.2. The lowest BCUT2D eigenvalue weighted by Gasteiger charge is -2.30. The van der Waals surface area contributed by atoms with Gasteiger partial charge in [0.25, 0.3) is 0 Å². The zero-order chi connectivity index (χ0) is 17.5. The van der Waals surface area contributed by atoms with E-state index in [2.05, 4.69) is 45.6 Å². The molecule has 1 fully saturated rings. The molecule has 3 aliphatic rings. The topological polar surface area (TPSA) is 50.2 Å². The molecular formula is C21H26N4O. The van der Waals surface area contributed by atoms with E-state index in [0.717, 1.165) is 25.9 Å². The average molecular weight is 350 g/mol. The lowest BCUT2D eigenvalue weighted by molar-refractivity contribution is 0.177. The van der Waals surface area contributed by atoms with Crippen molar-refractivity contribution in [3.8, 4) is 0 Å². The maximum Gasteiger partial charge on any atom is 0.318 e. The van der Waals surface area contributed by atoms with E-state index in [1.165, 1.54) is 48.1 Å². The normalized spacial score (nSPS) is 22.3. The standard InChI is InChI=1S/C21H26N4O/c26-21(23-19-10-9-16-7-3-4-8-17(16)19)24-11-12-25-20(14-24)18(13-22-25)15-5-1-2-6-15/h3-4,7-8,13,15,19H,1-2,5-6,9-12,14H2,(H,23,26). The van der Waals surface area contributed by atoms with Gasteiger partial charge in [-0.05, 0) is 48.3 Å². The Morgan fingerprint density at radius 3 is 2.81 bits per heavy atom. The zero-order valence-corrected chi connectivity index (χ0v) is 15.2. The Labute approximate surface area is 154 Å². The van der Waals surface area contributed by atoms with Gasteiger partial charge >= 0.3 is 6.03 Å². The number of carbonyl (C=O) groups is 1. The Bertz CT molecular complexity index is 821. The number of rotatable bonds is 2. The number of aromatic nitrogens is 2. The predicted octanol–water partition coefficient (Wildman–Crippen LogP) is 3.75. The summed E-state index contributed by atoms with van der Waals surface area (Å²) in [5.41, 5.74) is 5.30. The SMILES string of the molecule is O=C(NC1CCc2ccccc21)N1CCn2ncc(C3CCCC3)c2C1. The molecule has 0 saturated heterocycles. The number of hydrogen-bond donors (Lipinski definition) is 1. The summed E-state index contributed by atoms with van der Waals surface area (Å²) in [6, 6.07) is 8.69. The van der Waals surface area contributed by atoms with Crippen LogP contribution < -0.4 is 5.32 Å². The lowest BCUT2D eigenvalue weighted by atomic mass is 9.97. The van der Waals surface area contributed by atoms with Crippen LogP contribution in [0.1, 0.15) is 66.4 Å². The molecule has 1 aromatic heterocycles. The highest BCUT2D eigenvalue weighted by Gasteiger charge is 2.30. The van der Waals surface area contributed by atoms with Crippen molar-refractivity contribution in [2.45, 2.75) is 63.6 Å². The highest BCUT2D eigenvalue weighted by molar-refractivity contribution is 5.75. The summed E-state index contributed by atoms with van der Waals surface area (Å²) in [6.07, 6.45) is 9.29. The van der Waals surface area contributed by atoms with Crippen LogP contribution in [0.4, 0.5) is 4.79 Å². The smallest absolute Gasteiger partial charge is 0.318 e. The quantitative estimate of drug-likeness (QED) is 0.897. The first-order valence-electron chi connectivity index (χ1n) is 9.97. The van der Waals surface area contributed by atoms with Crippen LogP contribution in [0, 0.1) is 0 Å². The first-order valence-corrected chi connectivity index (χ1v) is 9.97. The number of benzene rings is 1. The highest BCUT2D eigenvalue weighted by Crippen LogP contribution is 2.37. The Hall–Kier alpha value is -2.30. The molecule has 0 radical (unpaired) electrons. The van der Waals surface area contributed by atoms with E-state index in [0.29, 0.717) is 12.5 Å². The molecule has 136 valence electrons. The molecule has 5 heteroatoms. The van der Waals surface area contributed by atoms with Gasteiger partial charge < -0.3 is 10.2 Å². The summed E-state index contributed by atoms with van der Waals surface area (Å²) in [6.45, 7) is 2.22. The predicted molar refractivity (Wildman–Crippen MR) is 99.9 cm³/mol. The Balaban J connectivity index is 1.30. The van der Waals surface area contributed by atoms with Crippen molar-refractivity contribution in [3.63, 3.8) is 0 Å². The molecule has 2 amide bonds.